The summed E-state index contributed by atoms with van der Waals surface area (Å²) in [6.07, 6.45) is 9.97. The van der Waals surface area contributed by atoms with Crippen molar-refractivity contribution in [2.24, 2.45) is 0 Å². The number of rotatable bonds is 8. The van der Waals surface area contributed by atoms with E-state index in [1.807, 2.05) is 13.1 Å². The van der Waals surface area contributed by atoms with Crippen LogP contribution in [0.3, 0.4) is 0 Å². The van der Waals surface area contributed by atoms with E-state index in [9.17, 15) is 8.42 Å². The highest BCUT2D eigenvalue weighted by Crippen LogP contribution is 2.36. The van der Waals surface area contributed by atoms with Gasteiger partial charge < -0.3 is 14.4 Å². The average Bonchev–Trinajstić information content (AvgIpc) is 3.19. The number of nitrogens with one attached hydrogen (secondary N) is 1. The van der Waals surface area contributed by atoms with Crippen LogP contribution in [-0.4, -0.2) is 58.1 Å². The fraction of sp³-hybridized carbons (Fsp3) is 0.560. The standard InChI is InChI=1S/C25H35N3O4S/c1-18-23(15-26-16-25(18)31-2)28-14-13-22(27-33(3,29)30)24(28)17-32-21-11-9-20(10-12-21)19-7-5-4-6-8-19/h4-8,15-16,20-22,24,27H,9-14,17H2,1-3H3/t20?,21?,22-,24-/m0/s1. The second-order valence-electron chi connectivity index (χ2n) is 9.25. The van der Waals surface area contributed by atoms with Crippen molar-refractivity contribution in [3.8, 4) is 5.75 Å². The quantitative estimate of drug-likeness (QED) is 0.631. The van der Waals surface area contributed by atoms with Crippen molar-refractivity contribution in [3.05, 3.63) is 53.9 Å². The normalized spacial score (nSPS) is 25.8. The topological polar surface area (TPSA) is 80.8 Å². The minimum Gasteiger partial charge on any atom is -0.495 e. The van der Waals surface area contributed by atoms with E-state index in [0.29, 0.717) is 12.5 Å². The zero-order chi connectivity index (χ0) is 23.4. The van der Waals surface area contributed by atoms with Gasteiger partial charge in [-0.25, -0.2) is 13.1 Å². The molecule has 2 aromatic rings. The largest absolute Gasteiger partial charge is 0.495 e. The molecule has 1 saturated heterocycles. The van der Waals surface area contributed by atoms with Gasteiger partial charge in [0.1, 0.15) is 5.75 Å². The van der Waals surface area contributed by atoms with Gasteiger partial charge in [0, 0.05) is 18.2 Å². The van der Waals surface area contributed by atoms with Crippen LogP contribution >= 0.6 is 0 Å². The van der Waals surface area contributed by atoms with Crippen LogP contribution in [0.5, 0.6) is 5.75 Å². The first-order valence-electron chi connectivity index (χ1n) is 11.7. The average molecular weight is 474 g/mol. The van der Waals surface area contributed by atoms with E-state index in [2.05, 4.69) is 44.9 Å². The Hall–Kier alpha value is -2.16. The van der Waals surface area contributed by atoms with Gasteiger partial charge in [-0.3, -0.25) is 4.98 Å². The minimum absolute atomic E-state index is 0.0980. The van der Waals surface area contributed by atoms with Crippen LogP contribution in [-0.2, 0) is 14.8 Å². The Kier molecular flexibility index (Phi) is 7.56. The number of pyridine rings is 1. The third-order valence-corrected chi connectivity index (χ3v) is 7.76. The summed E-state index contributed by atoms with van der Waals surface area (Å²) in [5.74, 6) is 1.32. The number of hydrogen-bond acceptors (Lipinski definition) is 6. The highest BCUT2D eigenvalue weighted by molar-refractivity contribution is 7.88. The van der Waals surface area contributed by atoms with E-state index in [0.717, 1.165) is 55.6 Å². The van der Waals surface area contributed by atoms with Crippen LogP contribution in [0.2, 0.25) is 0 Å². The van der Waals surface area contributed by atoms with Crippen molar-refractivity contribution < 1.29 is 17.9 Å². The highest BCUT2D eigenvalue weighted by atomic mass is 32.2. The lowest BCUT2D eigenvalue weighted by Crippen LogP contribution is -2.48. The van der Waals surface area contributed by atoms with E-state index < -0.39 is 10.0 Å². The summed E-state index contributed by atoms with van der Waals surface area (Å²) >= 11 is 0. The molecule has 2 fully saturated rings. The summed E-state index contributed by atoms with van der Waals surface area (Å²) in [6.45, 7) is 3.22. The van der Waals surface area contributed by atoms with Crippen molar-refractivity contribution in [3.63, 3.8) is 0 Å². The molecule has 2 atom stereocenters. The third kappa shape index (κ3) is 5.86. The first kappa shape index (κ1) is 24.0. The minimum atomic E-state index is -3.32. The zero-order valence-electron chi connectivity index (χ0n) is 19.7. The molecule has 0 amide bonds. The van der Waals surface area contributed by atoms with Gasteiger partial charge in [0.05, 0.1) is 50.2 Å². The second-order valence-corrected chi connectivity index (χ2v) is 11.0. The first-order valence-corrected chi connectivity index (χ1v) is 13.6. The predicted octanol–water partition coefficient (Wildman–Crippen LogP) is 3.64. The Morgan fingerprint density at radius 1 is 1.09 bits per heavy atom. The summed E-state index contributed by atoms with van der Waals surface area (Å²) in [6, 6.07) is 10.4. The molecule has 1 aromatic heterocycles. The molecule has 0 radical (unpaired) electrons. The van der Waals surface area contributed by atoms with Crippen molar-refractivity contribution in [2.45, 2.75) is 63.1 Å². The Bertz CT molecular complexity index is 1020. The Morgan fingerprint density at radius 2 is 1.82 bits per heavy atom. The lowest BCUT2D eigenvalue weighted by molar-refractivity contribution is 0.0156. The van der Waals surface area contributed by atoms with E-state index in [-0.39, 0.29) is 18.2 Å². The number of aromatic nitrogens is 1. The Balaban J connectivity index is 1.44. The number of ether oxygens (including phenoxy) is 2. The maximum atomic E-state index is 12.0. The van der Waals surface area contributed by atoms with E-state index >= 15 is 0 Å². The summed E-state index contributed by atoms with van der Waals surface area (Å²) in [5, 5.41) is 0. The fourth-order valence-electron chi connectivity index (χ4n) is 5.28. The number of benzene rings is 1. The SMILES string of the molecule is COc1cncc(N2CC[C@H](NS(C)(=O)=O)[C@@H]2COC2CCC(c3ccccc3)CC2)c1C. The van der Waals surface area contributed by atoms with Gasteiger partial charge >= 0.3 is 0 Å². The smallest absolute Gasteiger partial charge is 0.209 e. The van der Waals surface area contributed by atoms with E-state index in [1.165, 1.54) is 11.8 Å². The maximum absolute atomic E-state index is 12.0. The molecule has 0 spiro atoms. The van der Waals surface area contributed by atoms with Crippen LogP contribution in [0.1, 0.15) is 49.1 Å². The molecule has 0 bridgehead atoms. The molecule has 33 heavy (non-hydrogen) atoms. The molecule has 1 aliphatic carbocycles. The molecule has 180 valence electrons. The molecule has 2 aliphatic rings. The van der Waals surface area contributed by atoms with Crippen molar-refractivity contribution in [1.29, 1.82) is 0 Å². The van der Waals surface area contributed by atoms with Crippen molar-refractivity contribution in [2.75, 3.05) is 31.4 Å². The van der Waals surface area contributed by atoms with Crippen LogP contribution in [0.4, 0.5) is 5.69 Å². The van der Waals surface area contributed by atoms with Gasteiger partial charge in [0.25, 0.3) is 0 Å². The molecule has 1 N–H and O–H groups in total. The summed E-state index contributed by atoms with van der Waals surface area (Å²) in [4.78, 5) is 6.56. The molecule has 4 rings (SSSR count). The van der Waals surface area contributed by atoms with Gasteiger partial charge in [-0.2, -0.15) is 0 Å². The summed E-state index contributed by atoms with van der Waals surface area (Å²) in [7, 11) is -1.69. The van der Waals surface area contributed by atoms with Gasteiger partial charge in [0.2, 0.25) is 10.0 Å². The van der Waals surface area contributed by atoms with Crippen LogP contribution < -0.4 is 14.4 Å². The van der Waals surface area contributed by atoms with Crippen molar-refractivity contribution >= 4 is 15.7 Å². The molecule has 1 saturated carbocycles. The summed E-state index contributed by atoms with van der Waals surface area (Å²) < 4.78 is 38.7. The number of anilines is 1. The van der Waals surface area contributed by atoms with Crippen LogP contribution in [0, 0.1) is 6.92 Å². The Labute approximate surface area is 197 Å². The maximum Gasteiger partial charge on any atom is 0.209 e. The monoisotopic (exact) mass is 473 g/mol. The highest BCUT2D eigenvalue weighted by Gasteiger charge is 2.38. The molecule has 8 heteroatoms. The van der Waals surface area contributed by atoms with Crippen LogP contribution in [0.25, 0.3) is 0 Å². The zero-order valence-corrected chi connectivity index (χ0v) is 20.6. The molecule has 7 nitrogen and oxygen atoms in total. The number of sulfonamides is 1. The van der Waals surface area contributed by atoms with Crippen LogP contribution in [0.15, 0.2) is 42.7 Å². The van der Waals surface area contributed by atoms with E-state index in [1.54, 1.807) is 13.3 Å². The number of hydrogen-bond donors (Lipinski definition) is 1. The molecule has 1 aromatic carbocycles. The van der Waals surface area contributed by atoms with Crippen molar-refractivity contribution in [1.82, 2.24) is 9.71 Å². The number of nitrogens with zero attached hydrogens (tertiary/aromatic N) is 2. The van der Waals surface area contributed by atoms with Gasteiger partial charge in [-0.05, 0) is 50.5 Å². The van der Waals surface area contributed by atoms with Gasteiger partial charge in [-0.15, -0.1) is 0 Å². The molecular weight excluding hydrogens is 438 g/mol. The molecular formula is C25H35N3O4S. The predicted molar refractivity (Wildman–Crippen MR) is 130 cm³/mol. The summed E-state index contributed by atoms with van der Waals surface area (Å²) in [5.41, 5.74) is 3.38. The lowest BCUT2D eigenvalue weighted by Gasteiger charge is -2.34. The Morgan fingerprint density at radius 3 is 2.48 bits per heavy atom. The van der Waals surface area contributed by atoms with Gasteiger partial charge in [-0.1, -0.05) is 30.3 Å². The van der Waals surface area contributed by atoms with E-state index in [4.69, 9.17) is 9.47 Å². The molecule has 0 unspecified atom stereocenters. The molecule has 2 heterocycles. The second kappa shape index (κ2) is 10.4. The number of methoxy groups -OCH3 is 1. The molecule has 1 aliphatic heterocycles. The first-order chi connectivity index (χ1) is 15.9. The lowest BCUT2D eigenvalue weighted by atomic mass is 9.83. The van der Waals surface area contributed by atoms with Gasteiger partial charge in [0.15, 0.2) is 0 Å². The third-order valence-electron chi connectivity index (χ3n) is 7.03. The fourth-order valence-corrected chi connectivity index (χ4v) is 6.11.